The predicted molar refractivity (Wildman–Crippen MR) is 72.0 cm³/mol. The third-order valence-corrected chi connectivity index (χ3v) is 3.41. The second-order valence-corrected chi connectivity index (χ2v) is 4.66. The van der Waals surface area contributed by atoms with Gasteiger partial charge in [-0.2, -0.15) is 0 Å². The van der Waals surface area contributed by atoms with Crippen LogP contribution in [0.4, 0.5) is 11.5 Å². The number of hydrogen-bond acceptors (Lipinski definition) is 6. The highest BCUT2D eigenvalue weighted by molar-refractivity contribution is 5.96. The average molecular weight is 265 g/mol. The van der Waals surface area contributed by atoms with Gasteiger partial charge in [0.2, 0.25) is 0 Å². The number of aromatic nitrogens is 1. The van der Waals surface area contributed by atoms with Gasteiger partial charge in [-0.3, -0.25) is 0 Å². The number of pyridine rings is 1. The molecule has 2 rings (SSSR count). The Bertz CT molecular complexity index is 464. The second-order valence-electron chi connectivity index (χ2n) is 4.66. The molecule has 1 saturated carbocycles. The van der Waals surface area contributed by atoms with Crippen LogP contribution in [0.3, 0.4) is 0 Å². The Morgan fingerprint density at radius 1 is 1.47 bits per heavy atom. The molecule has 0 bridgehead atoms. The van der Waals surface area contributed by atoms with Gasteiger partial charge in [-0.1, -0.05) is 0 Å². The molecule has 1 aliphatic rings. The number of nitrogens with zero attached hydrogens (tertiary/aromatic N) is 1. The summed E-state index contributed by atoms with van der Waals surface area (Å²) in [4.78, 5) is 15.7. The largest absolute Gasteiger partial charge is 0.465 e. The number of nitrogens with one attached hydrogen (secondary N) is 1. The first-order chi connectivity index (χ1) is 9.13. The Labute approximate surface area is 112 Å². The van der Waals surface area contributed by atoms with E-state index in [0.29, 0.717) is 17.1 Å². The van der Waals surface area contributed by atoms with Gasteiger partial charge in [0.25, 0.3) is 0 Å². The predicted octanol–water partition coefficient (Wildman–Crippen LogP) is 1.43. The van der Waals surface area contributed by atoms with Crippen molar-refractivity contribution in [2.24, 2.45) is 0 Å². The molecule has 0 aliphatic heterocycles. The summed E-state index contributed by atoms with van der Waals surface area (Å²) in [5.41, 5.74) is 6.67. The molecular weight excluding hydrogens is 246 g/mol. The molecule has 2 unspecified atom stereocenters. The maximum absolute atomic E-state index is 11.7. The van der Waals surface area contributed by atoms with Crippen LogP contribution in [0.15, 0.2) is 12.3 Å². The van der Waals surface area contributed by atoms with Crippen molar-refractivity contribution >= 4 is 17.5 Å². The van der Waals surface area contributed by atoms with Crippen LogP contribution in [0, 0.1) is 0 Å². The lowest BCUT2D eigenvalue weighted by Crippen LogP contribution is -2.20. The third-order valence-electron chi connectivity index (χ3n) is 3.41. The molecule has 2 atom stereocenters. The van der Waals surface area contributed by atoms with Gasteiger partial charge in [-0.25, -0.2) is 9.78 Å². The van der Waals surface area contributed by atoms with Crippen molar-refractivity contribution < 1.29 is 14.3 Å². The maximum Gasteiger partial charge on any atom is 0.340 e. The van der Waals surface area contributed by atoms with Crippen molar-refractivity contribution in [3.8, 4) is 0 Å². The minimum atomic E-state index is -0.419. The Hall–Kier alpha value is -1.82. The van der Waals surface area contributed by atoms with Crippen LogP contribution in [-0.2, 0) is 9.47 Å². The van der Waals surface area contributed by atoms with Gasteiger partial charge in [0.15, 0.2) is 0 Å². The molecule has 1 aromatic rings. The summed E-state index contributed by atoms with van der Waals surface area (Å²) >= 11 is 0. The number of nitrogen functional groups attached to an aromatic ring is 1. The summed E-state index contributed by atoms with van der Waals surface area (Å²) < 4.78 is 10.1. The first kappa shape index (κ1) is 13.6. The number of carbonyl (C=O) groups is 1. The lowest BCUT2D eigenvalue weighted by atomic mass is 10.2. The van der Waals surface area contributed by atoms with Crippen molar-refractivity contribution in [1.82, 2.24) is 4.98 Å². The lowest BCUT2D eigenvalue weighted by molar-refractivity contribution is 0.0601. The van der Waals surface area contributed by atoms with E-state index in [1.54, 1.807) is 13.3 Å². The average Bonchev–Trinajstić information content (AvgIpc) is 2.87. The number of methoxy groups -OCH3 is 2. The summed E-state index contributed by atoms with van der Waals surface area (Å²) in [6, 6.07) is 1.80. The molecule has 0 aromatic carbocycles. The van der Waals surface area contributed by atoms with Crippen molar-refractivity contribution in [2.45, 2.75) is 31.4 Å². The molecule has 0 amide bonds. The minimum Gasteiger partial charge on any atom is -0.465 e. The molecule has 1 aliphatic carbocycles. The molecule has 1 heterocycles. The molecule has 0 spiro atoms. The lowest BCUT2D eigenvalue weighted by Gasteiger charge is -2.16. The molecule has 1 fully saturated rings. The Balaban J connectivity index is 2.14. The van der Waals surface area contributed by atoms with Gasteiger partial charge in [0.05, 0.1) is 30.7 Å². The number of ether oxygens (including phenoxy) is 2. The van der Waals surface area contributed by atoms with Crippen molar-refractivity contribution in [2.75, 3.05) is 25.3 Å². The SMILES string of the molecule is COC(=O)c1cc(N)ncc1NC1CCC(OC)C1. The van der Waals surface area contributed by atoms with Gasteiger partial charge in [0.1, 0.15) is 5.82 Å². The minimum absolute atomic E-state index is 0.277. The van der Waals surface area contributed by atoms with Gasteiger partial charge < -0.3 is 20.5 Å². The number of anilines is 2. The van der Waals surface area contributed by atoms with Crippen LogP contribution in [0.2, 0.25) is 0 Å². The molecule has 19 heavy (non-hydrogen) atoms. The van der Waals surface area contributed by atoms with Crippen LogP contribution in [0.25, 0.3) is 0 Å². The van der Waals surface area contributed by atoms with Gasteiger partial charge in [-0.15, -0.1) is 0 Å². The van der Waals surface area contributed by atoms with Crippen LogP contribution >= 0.6 is 0 Å². The first-order valence-electron chi connectivity index (χ1n) is 6.27. The number of carbonyl (C=O) groups excluding carboxylic acids is 1. The standard InChI is InChI=1S/C13H19N3O3/c1-18-9-4-3-8(5-9)16-11-7-15-12(14)6-10(11)13(17)19-2/h6-9,16H,3-5H2,1-2H3,(H2,14,15). The summed E-state index contributed by atoms with van der Waals surface area (Å²) in [6.07, 6.45) is 4.79. The molecule has 1 aromatic heterocycles. The van der Waals surface area contributed by atoms with Crippen molar-refractivity contribution in [1.29, 1.82) is 0 Å². The summed E-state index contributed by atoms with van der Waals surface area (Å²) in [5.74, 6) is -0.120. The van der Waals surface area contributed by atoms with Gasteiger partial charge >= 0.3 is 5.97 Å². The zero-order chi connectivity index (χ0) is 13.8. The molecule has 104 valence electrons. The van der Waals surface area contributed by atoms with Crippen LogP contribution in [0.5, 0.6) is 0 Å². The van der Waals surface area contributed by atoms with Crippen LogP contribution in [0.1, 0.15) is 29.6 Å². The van der Waals surface area contributed by atoms with E-state index in [2.05, 4.69) is 10.3 Å². The van der Waals surface area contributed by atoms with E-state index in [0.717, 1.165) is 19.3 Å². The first-order valence-corrected chi connectivity index (χ1v) is 6.27. The van der Waals surface area contributed by atoms with E-state index in [1.165, 1.54) is 13.2 Å². The monoisotopic (exact) mass is 265 g/mol. The Morgan fingerprint density at radius 3 is 2.89 bits per heavy atom. The van der Waals surface area contributed by atoms with Gasteiger partial charge in [-0.05, 0) is 25.3 Å². The van der Waals surface area contributed by atoms with Crippen molar-refractivity contribution in [3.05, 3.63) is 17.8 Å². The highest BCUT2D eigenvalue weighted by Gasteiger charge is 2.25. The normalized spacial score (nSPS) is 22.2. The third kappa shape index (κ3) is 3.14. The van der Waals surface area contributed by atoms with E-state index in [-0.39, 0.29) is 12.1 Å². The quantitative estimate of drug-likeness (QED) is 0.801. The molecule has 6 nitrogen and oxygen atoms in total. The Morgan fingerprint density at radius 2 is 2.26 bits per heavy atom. The fraction of sp³-hybridized carbons (Fsp3) is 0.538. The molecule has 3 N–H and O–H groups in total. The van der Waals surface area contributed by atoms with Crippen LogP contribution in [-0.4, -0.2) is 37.3 Å². The maximum atomic E-state index is 11.7. The zero-order valence-electron chi connectivity index (χ0n) is 11.2. The summed E-state index contributed by atoms with van der Waals surface area (Å²) in [6.45, 7) is 0. The van der Waals surface area contributed by atoms with E-state index in [1.807, 2.05) is 0 Å². The number of rotatable bonds is 4. The van der Waals surface area contributed by atoms with E-state index in [4.69, 9.17) is 15.2 Å². The Kier molecular flexibility index (Phi) is 4.21. The summed E-state index contributed by atoms with van der Waals surface area (Å²) in [7, 11) is 3.07. The number of hydrogen-bond donors (Lipinski definition) is 2. The molecule has 0 radical (unpaired) electrons. The van der Waals surface area contributed by atoms with E-state index < -0.39 is 5.97 Å². The topological polar surface area (TPSA) is 86.5 Å². The second kappa shape index (κ2) is 5.88. The smallest absolute Gasteiger partial charge is 0.340 e. The highest BCUT2D eigenvalue weighted by Crippen LogP contribution is 2.26. The molecule has 6 heteroatoms. The van der Waals surface area contributed by atoms with Crippen molar-refractivity contribution in [3.63, 3.8) is 0 Å². The number of esters is 1. The highest BCUT2D eigenvalue weighted by atomic mass is 16.5. The molecular formula is C13H19N3O3. The van der Waals surface area contributed by atoms with Gasteiger partial charge in [0, 0.05) is 13.2 Å². The fourth-order valence-electron chi connectivity index (χ4n) is 2.37. The van der Waals surface area contributed by atoms with E-state index >= 15 is 0 Å². The fourth-order valence-corrected chi connectivity index (χ4v) is 2.37. The van der Waals surface area contributed by atoms with Crippen LogP contribution < -0.4 is 11.1 Å². The number of nitrogens with two attached hydrogens (primary N) is 1. The zero-order valence-corrected chi connectivity index (χ0v) is 11.2. The van der Waals surface area contributed by atoms with E-state index in [9.17, 15) is 4.79 Å². The molecule has 0 saturated heterocycles. The summed E-state index contributed by atoms with van der Waals surface area (Å²) in [5, 5.41) is 3.32.